The summed E-state index contributed by atoms with van der Waals surface area (Å²) >= 11 is 0. The Morgan fingerprint density at radius 2 is 1.68 bits per heavy atom. The Morgan fingerprint density at radius 3 is 2.47 bits per heavy atom. The van der Waals surface area contributed by atoms with E-state index in [4.69, 9.17) is 9.72 Å². The van der Waals surface area contributed by atoms with Crippen molar-refractivity contribution >= 4 is 22.8 Å². The van der Waals surface area contributed by atoms with Gasteiger partial charge in [-0.3, -0.25) is 0 Å². The van der Waals surface area contributed by atoms with Gasteiger partial charge in [0.05, 0.1) is 22.9 Å². The zero-order valence-corrected chi connectivity index (χ0v) is 20.8. The van der Waals surface area contributed by atoms with Crippen LogP contribution in [0.1, 0.15) is 5.56 Å². The summed E-state index contributed by atoms with van der Waals surface area (Å²) in [4.78, 5) is 19.2. The van der Waals surface area contributed by atoms with E-state index in [1.807, 2.05) is 78.9 Å². The van der Waals surface area contributed by atoms with Crippen LogP contribution in [-0.2, 0) is 6.61 Å². The number of anilines is 3. The van der Waals surface area contributed by atoms with Gasteiger partial charge in [0.25, 0.3) is 0 Å². The van der Waals surface area contributed by atoms with Crippen LogP contribution in [0.15, 0.2) is 103 Å². The summed E-state index contributed by atoms with van der Waals surface area (Å²) < 4.78 is 7.63. The molecule has 1 fully saturated rings. The first-order valence-corrected chi connectivity index (χ1v) is 12.6. The number of piperazine rings is 1. The molecule has 0 amide bonds. The number of aromatic nitrogens is 3. The maximum absolute atomic E-state index is 12.1. The molecular formula is C29H27N7O2. The summed E-state index contributed by atoms with van der Waals surface area (Å²) in [6.07, 6.45) is 3.57. The highest BCUT2D eigenvalue weighted by Gasteiger charge is 2.21. The minimum atomic E-state index is 0.430. The third kappa shape index (κ3) is 4.79. The molecule has 0 aliphatic carbocycles. The normalized spacial score (nSPS) is 13.4. The summed E-state index contributed by atoms with van der Waals surface area (Å²) in [7, 11) is 0. The zero-order valence-electron chi connectivity index (χ0n) is 20.8. The molecule has 190 valence electrons. The smallest absolute Gasteiger partial charge is 0.165 e. The maximum Gasteiger partial charge on any atom is 0.165 e. The van der Waals surface area contributed by atoms with Gasteiger partial charge >= 0.3 is 0 Å². The highest BCUT2D eigenvalue weighted by molar-refractivity contribution is 5.80. The molecule has 9 heteroatoms. The van der Waals surface area contributed by atoms with Crippen molar-refractivity contribution in [2.75, 3.05) is 36.1 Å². The topological polar surface area (TPSA) is 87.4 Å². The quantitative estimate of drug-likeness (QED) is 0.229. The number of ether oxygens (including phenoxy) is 1. The molecule has 0 saturated carbocycles. The number of benzene rings is 3. The lowest BCUT2D eigenvalue weighted by Crippen LogP contribution is -2.43. The number of nitroso groups, excluding NO2 is 1. The number of hydrogen-bond acceptors (Lipinski definition) is 7. The Balaban J connectivity index is 1.28. The minimum absolute atomic E-state index is 0.430. The third-order valence-electron chi connectivity index (χ3n) is 6.63. The van der Waals surface area contributed by atoms with Crippen LogP contribution in [0.25, 0.3) is 16.8 Å². The van der Waals surface area contributed by atoms with Gasteiger partial charge in [0.2, 0.25) is 0 Å². The first kappa shape index (κ1) is 23.6. The van der Waals surface area contributed by atoms with E-state index in [2.05, 4.69) is 20.6 Å². The first-order valence-electron chi connectivity index (χ1n) is 12.6. The minimum Gasteiger partial charge on any atom is -0.489 e. The second kappa shape index (κ2) is 10.7. The van der Waals surface area contributed by atoms with E-state index in [0.29, 0.717) is 23.8 Å². The molecule has 0 spiro atoms. The number of nitrogens with one attached hydrogen (secondary N) is 1. The highest BCUT2D eigenvalue weighted by atomic mass is 16.5. The largest absolute Gasteiger partial charge is 0.489 e. The second-order valence-electron chi connectivity index (χ2n) is 9.03. The van der Waals surface area contributed by atoms with Gasteiger partial charge in [-0.2, -0.15) is 10.1 Å². The lowest BCUT2D eigenvalue weighted by Gasteiger charge is -2.32. The van der Waals surface area contributed by atoms with Crippen LogP contribution >= 0.6 is 0 Å². The zero-order chi connectivity index (χ0) is 25.7. The van der Waals surface area contributed by atoms with Crippen molar-refractivity contribution < 1.29 is 4.74 Å². The monoisotopic (exact) mass is 505 g/mol. The first-order chi connectivity index (χ1) is 18.8. The summed E-state index contributed by atoms with van der Waals surface area (Å²) in [5, 5.41) is 12.6. The van der Waals surface area contributed by atoms with Crippen LogP contribution in [0.3, 0.4) is 0 Å². The van der Waals surface area contributed by atoms with Crippen LogP contribution < -0.4 is 20.0 Å². The molecule has 1 saturated heterocycles. The van der Waals surface area contributed by atoms with E-state index < -0.39 is 0 Å². The fourth-order valence-electron chi connectivity index (χ4n) is 4.68. The summed E-state index contributed by atoms with van der Waals surface area (Å²) in [5.74, 6) is 1.21. The second-order valence-corrected chi connectivity index (χ2v) is 9.03. The molecule has 38 heavy (non-hydrogen) atoms. The van der Waals surface area contributed by atoms with Crippen molar-refractivity contribution in [2.45, 2.75) is 6.61 Å². The molecule has 1 N–H and O–H groups in total. The van der Waals surface area contributed by atoms with Crippen molar-refractivity contribution in [3.05, 3.63) is 108 Å². The van der Waals surface area contributed by atoms with E-state index in [-0.39, 0.29) is 0 Å². The average Bonchev–Trinajstić information content (AvgIpc) is 3.41. The number of nitrogens with zero attached hydrogens (tertiary/aromatic N) is 6. The average molecular weight is 506 g/mol. The lowest BCUT2D eigenvalue weighted by molar-refractivity contribution is 0.306. The molecule has 1 aliphatic heterocycles. The molecule has 5 aromatic rings. The maximum atomic E-state index is 12.1. The van der Waals surface area contributed by atoms with Gasteiger partial charge in [0, 0.05) is 44.0 Å². The predicted octanol–water partition coefficient (Wildman–Crippen LogP) is 5.20. The summed E-state index contributed by atoms with van der Waals surface area (Å²) in [6.45, 7) is 4.00. The van der Waals surface area contributed by atoms with E-state index in [0.717, 1.165) is 54.3 Å². The Morgan fingerprint density at radius 1 is 0.921 bits per heavy atom. The van der Waals surface area contributed by atoms with Gasteiger partial charge in [-0.15, -0.1) is 4.91 Å². The summed E-state index contributed by atoms with van der Waals surface area (Å²) in [6, 6.07) is 27.5. The van der Waals surface area contributed by atoms with Crippen LogP contribution in [0.4, 0.5) is 17.2 Å². The Labute approximate surface area is 220 Å². The molecule has 1 aliphatic rings. The van der Waals surface area contributed by atoms with Gasteiger partial charge in [-0.25, -0.2) is 9.50 Å². The number of para-hydroxylation sites is 2. The van der Waals surface area contributed by atoms with Gasteiger partial charge in [0.1, 0.15) is 12.4 Å². The Bertz CT molecular complexity index is 1530. The van der Waals surface area contributed by atoms with Crippen molar-refractivity contribution in [3.8, 4) is 16.9 Å². The van der Waals surface area contributed by atoms with Crippen LogP contribution in [0, 0.1) is 4.91 Å². The van der Waals surface area contributed by atoms with E-state index >= 15 is 0 Å². The number of hydrogen-bond donors (Lipinski definition) is 1. The van der Waals surface area contributed by atoms with Crippen molar-refractivity contribution in [1.29, 1.82) is 0 Å². The molecule has 9 nitrogen and oxygen atoms in total. The van der Waals surface area contributed by atoms with Gasteiger partial charge in [-0.05, 0) is 35.4 Å². The van der Waals surface area contributed by atoms with Crippen molar-refractivity contribution in [2.24, 2.45) is 5.29 Å². The third-order valence-corrected chi connectivity index (χ3v) is 6.63. The van der Waals surface area contributed by atoms with Crippen molar-refractivity contribution in [3.63, 3.8) is 0 Å². The van der Waals surface area contributed by atoms with Crippen LogP contribution in [0.5, 0.6) is 5.75 Å². The van der Waals surface area contributed by atoms with E-state index in [1.165, 1.54) is 5.01 Å². The lowest BCUT2D eigenvalue weighted by atomic mass is 10.1. The SMILES string of the molecule is O=NN(c1ccn2ncc(-c3ccc(OCc4ccccc4)cc3)c2n1)c1ccccc1N1CCNCC1. The standard InChI is InChI=1S/C29H27N7O2/c37-33-36(27-9-5-4-8-26(27)34-18-15-30-16-19-34)28-14-17-35-29(32-28)25(20-31-35)23-10-12-24(13-11-23)38-21-22-6-2-1-3-7-22/h1-14,17,20,30H,15-16,18-19,21H2. The molecule has 6 rings (SSSR count). The Kier molecular flexibility index (Phi) is 6.65. The number of rotatable bonds is 8. The molecule has 0 bridgehead atoms. The van der Waals surface area contributed by atoms with Gasteiger partial charge in [-0.1, -0.05) is 54.6 Å². The molecule has 2 aromatic heterocycles. The molecule has 3 heterocycles. The number of fused-ring (bicyclic) bond motifs is 1. The van der Waals surface area contributed by atoms with Crippen LogP contribution in [-0.4, -0.2) is 40.8 Å². The fourth-order valence-corrected chi connectivity index (χ4v) is 4.68. The molecule has 0 radical (unpaired) electrons. The Hall–Kier alpha value is -4.76. The molecule has 0 atom stereocenters. The van der Waals surface area contributed by atoms with Gasteiger partial charge in [0.15, 0.2) is 11.5 Å². The molecular weight excluding hydrogens is 478 g/mol. The summed E-state index contributed by atoms with van der Waals surface area (Å²) in [5.41, 5.74) is 5.19. The predicted molar refractivity (Wildman–Crippen MR) is 149 cm³/mol. The van der Waals surface area contributed by atoms with Crippen molar-refractivity contribution in [1.82, 2.24) is 19.9 Å². The van der Waals surface area contributed by atoms with E-state index in [1.54, 1.807) is 23.0 Å². The van der Waals surface area contributed by atoms with E-state index in [9.17, 15) is 4.91 Å². The van der Waals surface area contributed by atoms with Crippen LogP contribution in [0.2, 0.25) is 0 Å². The molecule has 3 aromatic carbocycles. The fraction of sp³-hybridized carbons (Fsp3) is 0.172. The van der Waals surface area contributed by atoms with Gasteiger partial charge < -0.3 is 15.0 Å². The highest BCUT2D eigenvalue weighted by Crippen LogP contribution is 2.35. The molecule has 0 unspecified atom stereocenters.